The summed E-state index contributed by atoms with van der Waals surface area (Å²) in [4.78, 5) is 14.8. The van der Waals surface area contributed by atoms with Crippen LogP contribution in [0.1, 0.15) is 0 Å². The average Bonchev–Trinajstić information content (AvgIpc) is 3.44. The molecule has 9 aromatic rings. The molecule has 190 valence electrons. The number of fused-ring (bicyclic) bond motifs is 10. The zero-order valence-electron chi connectivity index (χ0n) is 21.9. The predicted octanol–water partition coefficient (Wildman–Crippen LogP) is 10.2. The van der Waals surface area contributed by atoms with Crippen molar-refractivity contribution in [2.45, 2.75) is 0 Å². The molecule has 0 amide bonds. The number of hydrogen-bond donors (Lipinski definition) is 0. The van der Waals surface area contributed by atoms with Crippen molar-refractivity contribution in [2.24, 2.45) is 0 Å². The molecule has 0 spiro atoms. The molecule has 0 unspecified atom stereocenters. The summed E-state index contributed by atoms with van der Waals surface area (Å²) >= 11 is 1.87. The lowest BCUT2D eigenvalue weighted by molar-refractivity contribution is 1.37. The first kappa shape index (κ1) is 22.6. The lowest BCUT2D eigenvalue weighted by atomic mass is 9.90. The van der Waals surface area contributed by atoms with Crippen LogP contribution in [0.5, 0.6) is 0 Å². The fourth-order valence-electron chi connectivity index (χ4n) is 6.35. The molecule has 4 heterocycles. The van der Waals surface area contributed by atoms with E-state index in [1.54, 1.807) is 0 Å². The third-order valence-corrected chi connectivity index (χ3v) is 9.31. The largest absolute Gasteiger partial charge is 0.254 e. The van der Waals surface area contributed by atoms with Gasteiger partial charge in [0.2, 0.25) is 0 Å². The van der Waals surface area contributed by atoms with Gasteiger partial charge in [-0.1, -0.05) is 78.9 Å². The van der Waals surface area contributed by atoms with E-state index in [2.05, 4.69) is 103 Å². The molecule has 0 bridgehead atoms. The lowest BCUT2D eigenvalue weighted by Gasteiger charge is -2.16. The van der Waals surface area contributed by atoms with E-state index in [0.717, 1.165) is 44.0 Å². The molecule has 4 heteroatoms. The Hall–Kier alpha value is -5.19. The number of benzene rings is 5. The molecular formula is C37H21N3S. The van der Waals surface area contributed by atoms with E-state index < -0.39 is 0 Å². The van der Waals surface area contributed by atoms with Crippen LogP contribution < -0.4 is 0 Å². The summed E-state index contributed by atoms with van der Waals surface area (Å²) in [6.45, 7) is 0. The number of nitrogens with zero attached hydrogens (tertiary/aromatic N) is 3. The summed E-state index contributed by atoms with van der Waals surface area (Å²) in [7, 11) is 0. The first-order chi connectivity index (χ1) is 20.3. The third kappa shape index (κ3) is 3.28. The van der Waals surface area contributed by atoms with Crippen LogP contribution in [0.15, 0.2) is 128 Å². The molecule has 0 radical (unpaired) electrons. The Morgan fingerprint density at radius 3 is 2.15 bits per heavy atom. The molecule has 0 N–H and O–H groups in total. The van der Waals surface area contributed by atoms with Crippen LogP contribution in [0.25, 0.3) is 86.0 Å². The fraction of sp³-hybridized carbons (Fsp3) is 0. The number of rotatable bonds is 2. The maximum Gasteiger partial charge on any atom is 0.0970 e. The van der Waals surface area contributed by atoms with Gasteiger partial charge in [0.25, 0.3) is 0 Å². The summed E-state index contributed by atoms with van der Waals surface area (Å²) in [6, 6.07) is 40.9. The first-order valence-electron chi connectivity index (χ1n) is 13.7. The summed E-state index contributed by atoms with van der Waals surface area (Å²) in [5.41, 5.74) is 7.35. The zero-order chi connectivity index (χ0) is 26.9. The minimum Gasteiger partial charge on any atom is -0.254 e. The SMILES string of the molecule is c1ccc(-c2nc3ccccc3c3c2cc(-c2cc4cccnc4c4ncccc24)c2sc4ccccc4c23)cc1. The molecule has 0 fully saturated rings. The molecule has 0 atom stereocenters. The molecule has 0 aliphatic rings. The molecule has 4 aromatic heterocycles. The van der Waals surface area contributed by atoms with Gasteiger partial charge in [0, 0.05) is 70.6 Å². The monoisotopic (exact) mass is 539 g/mol. The molecule has 41 heavy (non-hydrogen) atoms. The van der Waals surface area contributed by atoms with Crippen molar-refractivity contribution >= 4 is 75.0 Å². The van der Waals surface area contributed by atoms with Crippen molar-refractivity contribution in [3.8, 4) is 22.4 Å². The molecule has 9 rings (SSSR count). The molecular weight excluding hydrogens is 518 g/mol. The van der Waals surface area contributed by atoms with E-state index in [9.17, 15) is 0 Å². The van der Waals surface area contributed by atoms with Crippen LogP contribution in [0.4, 0.5) is 0 Å². The van der Waals surface area contributed by atoms with Gasteiger partial charge in [-0.2, -0.15) is 0 Å². The van der Waals surface area contributed by atoms with Crippen LogP contribution in [0.3, 0.4) is 0 Å². The maximum absolute atomic E-state index is 5.27. The molecule has 0 saturated heterocycles. The van der Waals surface area contributed by atoms with Crippen molar-refractivity contribution in [3.63, 3.8) is 0 Å². The van der Waals surface area contributed by atoms with E-state index in [1.807, 2.05) is 35.9 Å². The van der Waals surface area contributed by atoms with Crippen molar-refractivity contribution in [2.75, 3.05) is 0 Å². The maximum atomic E-state index is 5.27. The van der Waals surface area contributed by atoms with Crippen molar-refractivity contribution < 1.29 is 0 Å². The van der Waals surface area contributed by atoms with E-state index in [4.69, 9.17) is 15.0 Å². The van der Waals surface area contributed by atoms with Gasteiger partial charge in [-0.15, -0.1) is 11.3 Å². The Balaban J connectivity index is 1.56. The molecule has 0 aliphatic heterocycles. The van der Waals surface area contributed by atoms with E-state index in [1.165, 1.54) is 42.1 Å². The summed E-state index contributed by atoms with van der Waals surface area (Å²) in [5, 5.41) is 8.35. The van der Waals surface area contributed by atoms with E-state index in [-0.39, 0.29) is 0 Å². The third-order valence-electron chi connectivity index (χ3n) is 8.11. The van der Waals surface area contributed by atoms with Gasteiger partial charge >= 0.3 is 0 Å². The van der Waals surface area contributed by atoms with Crippen molar-refractivity contribution in [3.05, 3.63) is 128 Å². The Bertz CT molecular complexity index is 2480. The van der Waals surface area contributed by atoms with Crippen LogP contribution >= 0.6 is 11.3 Å². The normalized spacial score (nSPS) is 11.9. The summed E-state index contributed by atoms with van der Waals surface area (Å²) in [6.07, 6.45) is 3.71. The zero-order valence-corrected chi connectivity index (χ0v) is 22.7. The first-order valence-corrected chi connectivity index (χ1v) is 14.5. The highest BCUT2D eigenvalue weighted by molar-refractivity contribution is 7.26. The van der Waals surface area contributed by atoms with Gasteiger partial charge in [0.05, 0.1) is 22.2 Å². The van der Waals surface area contributed by atoms with Gasteiger partial charge in [0.15, 0.2) is 0 Å². The smallest absolute Gasteiger partial charge is 0.0970 e. The summed E-state index contributed by atoms with van der Waals surface area (Å²) < 4.78 is 2.56. The Morgan fingerprint density at radius 1 is 0.512 bits per heavy atom. The van der Waals surface area contributed by atoms with Gasteiger partial charge in [-0.05, 0) is 42.0 Å². The number of para-hydroxylation sites is 1. The van der Waals surface area contributed by atoms with Gasteiger partial charge in [-0.3, -0.25) is 9.97 Å². The van der Waals surface area contributed by atoms with Crippen molar-refractivity contribution in [1.29, 1.82) is 0 Å². The molecule has 0 saturated carbocycles. The fourth-order valence-corrected chi connectivity index (χ4v) is 7.58. The quantitative estimate of drug-likeness (QED) is 0.205. The van der Waals surface area contributed by atoms with Gasteiger partial charge < -0.3 is 0 Å². The standard InChI is InChI=1S/C37H21N3S/c1-2-10-22(11-3-1)34-29-21-28(27-20-23-12-8-18-38-35(23)36-24(27)15-9-19-39-36)37-33(26-14-5-7-17-31(26)41-37)32(29)25-13-4-6-16-30(25)40-34/h1-21H. The van der Waals surface area contributed by atoms with Gasteiger partial charge in [-0.25, -0.2) is 4.98 Å². The highest BCUT2D eigenvalue weighted by atomic mass is 32.1. The molecule has 3 nitrogen and oxygen atoms in total. The van der Waals surface area contributed by atoms with Gasteiger partial charge in [0.1, 0.15) is 0 Å². The van der Waals surface area contributed by atoms with Crippen LogP contribution in [-0.4, -0.2) is 15.0 Å². The Labute approximate surface area is 239 Å². The van der Waals surface area contributed by atoms with Crippen LogP contribution in [0.2, 0.25) is 0 Å². The average molecular weight is 540 g/mol. The van der Waals surface area contributed by atoms with Crippen LogP contribution in [0, 0.1) is 0 Å². The molecule has 0 aliphatic carbocycles. The second kappa shape index (κ2) is 8.65. The number of hydrogen-bond acceptors (Lipinski definition) is 4. The lowest BCUT2D eigenvalue weighted by Crippen LogP contribution is -1.93. The topological polar surface area (TPSA) is 38.7 Å². The number of aromatic nitrogens is 3. The molecule has 5 aromatic carbocycles. The second-order valence-electron chi connectivity index (χ2n) is 10.4. The van der Waals surface area contributed by atoms with E-state index in [0.29, 0.717) is 0 Å². The number of thiophene rings is 1. The predicted molar refractivity (Wildman–Crippen MR) is 174 cm³/mol. The Morgan fingerprint density at radius 2 is 1.24 bits per heavy atom. The minimum absolute atomic E-state index is 0.926. The summed E-state index contributed by atoms with van der Waals surface area (Å²) in [5.74, 6) is 0. The van der Waals surface area contributed by atoms with Crippen molar-refractivity contribution in [1.82, 2.24) is 15.0 Å². The number of pyridine rings is 3. The Kier molecular flexibility index (Phi) is 4.77. The minimum atomic E-state index is 0.926. The highest BCUT2D eigenvalue weighted by Gasteiger charge is 2.21. The van der Waals surface area contributed by atoms with Crippen LogP contribution in [-0.2, 0) is 0 Å². The second-order valence-corrected chi connectivity index (χ2v) is 11.4. The highest BCUT2D eigenvalue weighted by Crippen LogP contribution is 2.49. The van der Waals surface area contributed by atoms with E-state index >= 15 is 0 Å².